The molecule has 1 aliphatic rings. The molecule has 130 valence electrons. The Kier molecular flexibility index (Phi) is 5.79. The van der Waals surface area contributed by atoms with Crippen LogP contribution in [0.1, 0.15) is 13.3 Å². The van der Waals surface area contributed by atoms with E-state index in [2.05, 4.69) is 5.32 Å². The Morgan fingerprint density at radius 3 is 2.54 bits per heavy atom. The average Bonchev–Trinajstić information content (AvgIpc) is 2.47. The van der Waals surface area contributed by atoms with Crippen LogP contribution >= 0.6 is 0 Å². The molecule has 1 heterocycles. The zero-order chi connectivity index (χ0) is 17.9. The van der Waals surface area contributed by atoms with Crippen LogP contribution in [-0.2, 0) is 9.59 Å². The summed E-state index contributed by atoms with van der Waals surface area (Å²) in [7, 11) is -0.140. The Balaban J connectivity index is 1.91. The summed E-state index contributed by atoms with van der Waals surface area (Å²) in [6, 6.07) is 5.54. The maximum atomic E-state index is 13.0. The largest absolute Gasteiger partial charge is 0.475 e. The van der Waals surface area contributed by atoms with Gasteiger partial charge in [-0.2, -0.15) is 0 Å². The minimum atomic E-state index is -1.66. The number of halogens is 1. The third-order valence-corrected chi connectivity index (χ3v) is 4.06. The number of nitrogens with one attached hydrogen (secondary N) is 1. The van der Waals surface area contributed by atoms with Crippen molar-refractivity contribution in [2.75, 3.05) is 25.0 Å². The summed E-state index contributed by atoms with van der Waals surface area (Å²) in [5, 5.41) is 20.3. The molecule has 3 N–H and O–H groups in total. The Morgan fingerprint density at radius 2 is 2.04 bits per heavy atom. The lowest BCUT2D eigenvalue weighted by atomic mass is 9.81. The molecule has 24 heavy (non-hydrogen) atoms. The SMILES string of the molecule is CC(NC(=O)CN(C)C(=O)[C@@H]1CCN1c1ccc(F)cc1)B(O)O. The average molecular weight is 337 g/mol. The summed E-state index contributed by atoms with van der Waals surface area (Å²) in [5.41, 5.74) is 0.760. The van der Waals surface area contributed by atoms with Crippen molar-refractivity contribution in [3.05, 3.63) is 30.1 Å². The Morgan fingerprint density at radius 1 is 1.42 bits per heavy atom. The molecule has 0 spiro atoms. The number of nitrogens with zero attached hydrogens (tertiary/aromatic N) is 2. The maximum Gasteiger partial charge on any atom is 0.475 e. The van der Waals surface area contributed by atoms with Crippen molar-refractivity contribution in [3.63, 3.8) is 0 Å². The Bertz CT molecular complexity index is 599. The first-order valence-electron chi connectivity index (χ1n) is 7.72. The minimum absolute atomic E-state index is 0.177. The van der Waals surface area contributed by atoms with Crippen LogP contribution in [0.5, 0.6) is 0 Å². The van der Waals surface area contributed by atoms with E-state index in [1.165, 1.54) is 31.0 Å². The summed E-state index contributed by atoms with van der Waals surface area (Å²) >= 11 is 0. The molecule has 9 heteroatoms. The number of hydrogen-bond donors (Lipinski definition) is 3. The first-order chi connectivity index (χ1) is 11.3. The maximum absolute atomic E-state index is 13.0. The number of benzene rings is 1. The molecule has 0 saturated carbocycles. The molecule has 2 atom stereocenters. The number of amides is 2. The summed E-state index contributed by atoms with van der Waals surface area (Å²) in [4.78, 5) is 27.4. The minimum Gasteiger partial charge on any atom is -0.426 e. The molecule has 2 amide bonds. The van der Waals surface area contributed by atoms with E-state index < -0.39 is 19.0 Å². The zero-order valence-corrected chi connectivity index (χ0v) is 13.6. The predicted molar refractivity (Wildman–Crippen MR) is 87.6 cm³/mol. The van der Waals surface area contributed by atoms with Gasteiger partial charge in [-0.3, -0.25) is 9.59 Å². The Hall–Kier alpha value is -2.13. The quantitative estimate of drug-likeness (QED) is 0.602. The van der Waals surface area contributed by atoms with E-state index in [9.17, 15) is 14.0 Å². The second kappa shape index (κ2) is 7.63. The van der Waals surface area contributed by atoms with E-state index in [4.69, 9.17) is 10.0 Å². The zero-order valence-electron chi connectivity index (χ0n) is 13.6. The molecule has 7 nitrogen and oxygen atoms in total. The molecule has 1 fully saturated rings. The van der Waals surface area contributed by atoms with Gasteiger partial charge in [-0.1, -0.05) is 0 Å². The van der Waals surface area contributed by atoms with Gasteiger partial charge in [0, 0.05) is 19.3 Å². The summed E-state index contributed by atoms with van der Waals surface area (Å²) < 4.78 is 13.0. The molecule has 0 bridgehead atoms. The van der Waals surface area contributed by atoms with Crippen LogP contribution in [0.4, 0.5) is 10.1 Å². The van der Waals surface area contributed by atoms with Gasteiger partial charge in [0.15, 0.2) is 0 Å². The fourth-order valence-electron chi connectivity index (χ4n) is 2.51. The van der Waals surface area contributed by atoms with Gasteiger partial charge in [0.05, 0.1) is 12.5 Å². The first-order valence-corrected chi connectivity index (χ1v) is 7.72. The molecule has 1 saturated heterocycles. The van der Waals surface area contributed by atoms with Gasteiger partial charge in [-0.15, -0.1) is 0 Å². The molecule has 1 aromatic rings. The molecule has 2 rings (SSSR count). The summed E-state index contributed by atoms with van der Waals surface area (Å²) in [5.74, 6) is -1.84. The number of likely N-dealkylation sites (N-methyl/N-ethyl adjacent to an activating group) is 1. The van der Waals surface area contributed by atoms with E-state index in [1.54, 1.807) is 12.1 Å². The third kappa shape index (κ3) is 4.24. The lowest BCUT2D eigenvalue weighted by Crippen LogP contribution is -2.58. The van der Waals surface area contributed by atoms with Gasteiger partial charge in [0.2, 0.25) is 11.8 Å². The van der Waals surface area contributed by atoms with Crippen molar-refractivity contribution in [2.45, 2.75) is 25.3 Å². The van der Waals surface area contributed by atoms with E-state index in [0.717, 1.165) is 5.69 Å². The second-order valence-electron chi connectivity index (χ2n) is 5.94. The van der Waals surface area contributed by atoms with Gasteiger partial charge in [0.25, 0.3) is 0 Å². The molecular weight excluding hydrogens is 316 g/mol. The van der Waals surface area contributed by atoms with E-state index in [1.807, 2.05) is 4.90 Å². The molecule has 0 radical (unpaired) electrons. The van der Waals surface area contributed by atoms with Crippen molar-refractivity contribution in [3.8, 4) is 0 Å². The summed E-state index contributed by atoms with van der Waals surface area (Å²) in [6.45, 7) is 1.96. The number of carbonyl (C=O) groups excluding carboxylic acids is 2. The highest BCUT2D eigenvalue weighted by Crippen LogP contribution is 2.27. The number of rotatable bonds is 6. The molecular formula is C15H21BFN3O4. The van der Waals surface area contributed by atoms with Gasteiger partial charge in [0.1, 0.15) is 11.9 Å². The number of carbonyl (C=O) groups is 2. The lowest BCUT2D eigenvalue weighted by Gasteiger charge is -2.43. The third-order valence-electron chi connectivity index (χ3n) is 4.06. The van der Waals surface area contributed by atoms with Crippen LogP contribution in [0.3, 0.4) is 0 Å². The van der Waals surface area contributed by atoms with Gasteiger partial charge < -0.3 is 25.2 Å². The van der Waals surface area contributed by atoms with Crippen molar-refractivity contribution < 1.29 is 24.0 Å². The normalized spacial score (nSPS) is 17.7. The monoisotopic (exact) mass is 337 g/mol. The van der Waals surface area contributed by atoms with Gasteiger partial charge >= 0.3 is 7.12 Å². The highest BCUT2D eigenvalue weighted by molar-refractivity contribution is 6.43. The van der Waals surface area contributed by atoms with Crippen molar-refractivity contribution in [1.82, 2.24) is 10.2 Å². The molecule has 1 aliphatic heterocycles. The van der Waals surface area contributed by atoms with E-state index in [0.29, 0.717) is 13.0 Å². The van der Waals surface area contributed by atoms with Crippen LogP contribution in [0.25, 0.3) is 0 Å². The van der Waals surface area contributed by atoms with Crippen LogP contribution < -0.4 is 10.2 Å². The second-order valence-corrected chi connectivity index (χ2v) is 5.94. The van der Waals surface area contributed by atoms with Crippen LogP contribution in [-0.4, -0.2) is 66.0 Å². The lowest BCUT2D eigenvalue weighted by molar-refractivity contribution is -0.136. The van der Waals surface area contributed by atoms with E-state index >= 15 is 0 Å². The molecule has 1 aromatic carbocycles. The van der Waals surface area contributed by atoms with Gasteiger partial charge in [-0.25, -0.2) is 4.39 Å². The van der Waals surface area contributed by atoms with Crippen LogP contribution in [0, 0.1) is 5.82 Å². The van der Waals surface area contributed by atoms with E-state index in [-0.39, 0.29) is 24.3 Å². The molecule has 0 aliphatic carbocycles. The fraction of sp³-hybridized carbons (Fsp3) is 0.467. The van der Waals surface area contributed by atoms with Crippen LogP contribution in [0.2, 0.25) is 0 Å². The summed E-state index contributed by atoms with van der Waals surface area (Å²) in [6.07, 6.45) is 0.661. The number of hydrogen-bond acceptors (Lipinski definition) is 5. The van der Waals surface area contributed by atoms with Crippen molar-refractivity contribution >= 4 is 24.6 Å². The van der Waals surface area contributed by atoms with Gasteiger partial charge in [-0.05, 0) is 37.6 Å². The highest BCUT2D eigenvalue weighted by Gasteiger charge is 2.36. The molecule has 1 unspecified atom stereocenters. The van der Waals surface area contributed by atoms with Crippen molar-refractivity contribution in [1.29, 1.82) is 0 Å². The smallest absolute Gasteiger partial charge is 0.426 e. The standard InChI is InChI=1S/C15H21BFN3O4/c1-10(16(23)24)18-14(21)9-19(2)15(22)13-7-8-20(13)12-5-3-11(17)4-6-12/h3-6,10,13,23-24H,7-9H2,1-2H3,(H,18,21)/t10?,13-/m0/s1. The Labute approximate surface area is 140 Å². The topological polar surface area (TPSA) is 93.1 Å². The van der Waals surface area contributed by atoms with Crippen molar-refractivity contribution in [2.24, 2.45) is 0 Å². The first kappa shape index (κ1) is 18.2. The highest BCUT2D eigenvalue weighted by atomic mass is 19.1. The fourth-order valence-corrected chi connectivity index (χ4v) is 2.51. The number of anilines is 1. The van der Waals surface area contributed by atoms with Crippen LogP contribution in [0.15, 0.2) is 24.3 Å². The molecule has 0 aromatic heterocycles. The predicted octanol–water partition coefficient (Wildman–Crippen LogP) is -0.620.